The zero-order chi connectivity index (χ0) is 21.5. The van der Waals surface area contributed by atoms with Crippen LogP contribution in [0.4, 0.5) is 4.39 Å². The lowest BCUT2D eigenvalue weighted by Gasteiger charge is -2.21. The quantitative estimate of drug-likeness (QED) is 0.663. The molecule has 0 radical (unpaired) electrons. The molecule has 0 unspecified atom stereocenters. The monoisotopic (exact) mass is 431 g/mol. The third kappa shape index (κ3) is 4.28. The summed E-state index contributed by atoms with van der Waals surface area (Å²) in [5.74, 6) is 0.312. The molecule has 0 aliphatic carbocycles. The number of benzene rings is 2. The molecule has 2 heterocycles. The van der Waals surface area contributed by atoms with Gasteiger partial charge in [-0.3, -0.25) is 4.90 Å². The van der Waals surface area contributed by atoms with E-state index in [1.54, 1.807) is 43.3 Å². The van der Waals surface area contributed by atoms with Gasteiger partial charge in [-0.05, 0) is 42.7 Å². The van der Waals surface area contributed by atoms with E-state index in [4.69, 9.17) is 4.52 Å². The molecule has 7 nitrogen and oxygen atoms in total. The van der Waals surface area contributed by atoms with Crippen molar-refractivity contribution in [2.45, 2.75) is 36.9 Å². The van der Waals surface area contributed by atoms with E-state index in [0.717, 1.165) is 5.56 Å². The lowest BCUT2D eigenvalue weighted by Crippen LogP contribution is -2.24. The van der Waals surface area contributed by atoms with Gasteiger partial charge < -0.3 is 9.63 Å². The highest BCUT2D eigenvalue weighted by Gasteiger charge is 2.36. The fourth-order valence-corrected chi connectivity index (χ4v) is 4.24. The molecular formula is C21H22FN3O4S. The first-order chi connectivity index (χ1) is 14.2. The van der Waals surface area contributed by atoms with Gasteiger partial charge in [-0.2, -0.15) is 4.98 Å². The second kappa shape index (κ2) is 7.90. The molecule has 1 aromatic heterocycles. The lowest BCUT2D eigenvalue weighted by molar-refractivity contribution is 0.169. The molecule has 1 N–H and O–H groups in total. The van der Waals surface area contributed by atoms with Crippen LogP contribution in [0.25, 0.3) is 11.4 Å². The van der Waals surface area contributed by atoms with E-state index in [1.165, 1.54) is 12.3 Å². The highest BCUT2D eigenvalue weighted by molar-refractivity contribution is 7.90. The van der Waals surface area contributed by atoms with Crippen molar-refractivity contribution in [1.29, 1.82) is 0 Å². The van der Waals surface area contributed by atoms with E-state index in [2.05, 4.69) is 10.1 Å². The number of likely N-dealkylation sites (tertiary alicyclic amines) is 1. The normalized spacial score (nSPS) is 20.0. The number of aliphatic hydroxyl groups excluding tert-OH is 1. The third-order valence-electron chi connectivity index (χ3n) is 5.28. The van der Waals surface area contributed by atoms with Crippen LogP contribution in [0, 0.1) is 12.7 Å². The van der Waals surface area contributed by atoms with Crippen LogP contribution in [-0.2, 0) is 16.4 Å². The number of hydrogen-bond acceptors (Lipinski definition) is 7. The number of halogens is 1. The number of hydrogen-bond donors (Lipinski definition) is 1. The molecule has 1 aliphatic heterocycles. The van der Waals surface area contributed by atoms with Crippen molar-refractivity contribution in [3.63, 3.8) is 0 Å². The minimum absolute atomic E-state index is 0.260. The molecule has 0 spiro atoms. The zero-order valence-electron chi connectivity index (χ0n) is 16.6. The van der Waals surface area contributed by atoms with Crippen molar-refractivity contribution in [1.82, 2.24) is 15.0 Å². The first-order valence-corrected chi connectivity index (χ1v) is 11.4. The molecule has 30 heavy (non-hydrogen) atoms. The molecular weight excluding hydrogens is 409 g/mol. The van der Waals surface area contributed by atoms with Gasteiger partial charge in [0.1, 0.15) is 5.82 Å². The molecule has 9 heteroatoms. The fourth-order valence-electron chi connectivity index (χ4n) is 3.61. The number of β-amino-alcohol motifs (C(OH)–C–C–N with tert-alkyl or cyclic N) is 1. The van der Waals surface area contributed by atoms with Crippen LogP contribution in [0.5, 0.6) is 0 Å². The first kappa shape index (κ1) is 20.6. The maximum atomic E-state index is 13.9. The average molecular weight is 431 g/mol. The highest BCUT2D eigenvalue weighted by Crippen LogP contribution is 2.33. The van der Waals surface area contributed by atoms with Crippen molar-refractivity contribution in [2.24, 2.45) is 0 Å². The van der Waals surface area contributed by atoms with Crippen LogP contribution >= 0.6 is 0 Å². The minimum atomic E-state index is -3.25. The van der Waals surface area contributed by atoms with Crippen LogP contribution in [-0.4, -0.2) is 47.5 Å². The van der Waals surface area contributed by atoms with E-state index >= 15 is 0 Å². The number of aliphatic hydroxyl groups is 1. The summed E-state index contributed by atoms with van der Waals surface area (Å²) in [5, 5.41) is 14.2. The minimum Gasteiger partial charge on any atom is -0.392 e. The Bertz CT molecular complexity index is 1160. The molecule has 1 fully saturated rings. The molecule has 0 amide bonds. The van der Waals surface area contributed by atoms with Gasteiger partial charge in [-0.15, -0.1) is 0 Å². The molecule has 1 aliphatic rings. The summed E-state index contributed by atoms with van der Waals surface area (Å²) in [7, 11) is -3.25. The van der Waals surface area contributed by atoms with Gasteiger partial charge in [0.25, 0.3) is 0 Å². The van der Waals surface area contributed by atoms with E-state index in [0.29, 0.717) is 42.4 Å². The maximum Gasteiger partial charge on any atom is 0.244 e. The van der Waals surface area contributed by atoms with Gasteiger partial charge in [0, 0.05) is 24.9 Å². The van der Waals surface area contributed by atoms with Gasteiger partial charge in [-0.1, -0.05) is 29.4 Å². The SMILES string of the molecule is Cc1ccc(-c2noc([C@H]3C[C@@H](O)CN3Cc3ccc(S(C)(=O)=O)cc3)n2)cc1F. The Morgan fingerprint density at radius 2 is 1.97 bits per heavy atom. The van der Waals surface area contributed by atoms with Gasteiger partial charge in [0.05, 0.1) is 17.0 Å². The molecule has 2 aromatic carbocycles. The van der Waals surface area contributed by atoms with Crippen LogP contribution in [0.2, 0.25) is 0 Å². The topological polar surface area (TPSA) is 96.5 Å². The summed E-state index contributed by atoms with van der Waals surface area (Å²) in [5.41, 5.74) is 1.96. The smallest absolute Gasteiger partial charge is 0.244 e. The van der Waals surface area contributed by atoms with Gasteiger partial charge in [0.15, 0.2) is 9.84 Å². The average Bonchev–Trinajstić information content (AvgIpc) is 3.30. The summed E-state index contributed by atoms with van der Waals surface area (Å²) in [6.45, 7) is 2.60. The Kier molecular flexibility index (Phi) is 5.44. The van der Waals surface area contributed by atoms with Crippen molar-refractivity contribution >= 4 is 9.84 Å². The zero-order valence-corrected chi connectivity index (χ0v) is 17.4. The van der Waals surface area contributed by atoms with Gasteiger partial charge in [0.2, 0.25) is 11.7 Å². The van der Waals surface area contributed by atoms with Crippen molar-refractivity contribution in [3.8, 4) is 11.4 Å². The molecule has 2 atom stereocenters. The van der Waals surface area contributed by atoms with Crippen LogP contribution in [0.3, 0.4) is 0 Å². The number of aryl methyl sites for hydroxylation is 1. The first-order valence-electron chi connectivity index (χ1n) is 9.52. The Morgan fingerprint density at radius 1 is 1.23 bits per heavy atom. The number of sulfone groups is 1. The predicted octanol–water partition coefficient (Wildman–Crippen LogP) is 2.90. The van der Waals surface area contributed by atoms with Gasteiger partial charge >= 0.3 is 0 Å². The van der Waals surface area contributed by atoms with Crippen LogP contribution < -0.4 is 0 Å². The molecule has 4 rings (SSSR count). The van der Waals surface area contributed by atoms with Crippen molar-refractivity contribution in [2.75, 3.05) is 12.8 Å². The van der Waals surface area contributed by atoms with E-state index in [1.807, 2.05) is 4.90 Å². The number of rotatable bonds is 5. The molecule has 1 saturated heterocycles. The maximum absolute atomic E-state index is 13.9. The standard InChI is InChI=1S/C21H22FN3O4S/c1-13-3-6-15(9-18(13)22)20-23-21(29-24-20)19-10-16(26)12-25(19)11-14-4-7-17(8-5-14)30(2,27)28/h3-9,16,19,26H,10-12H2,1-2H3/t16-,19-/m1/s1. The van der Waals surface area contributed by atoms with Crippen LogP contribution in [0.15, 0.2) is 51.9 Å². The van der Waals surface area contributed by atoms with Crippen molar-refractivity contribution in [3.05, 3.63) is 65.3 Å². The van der Waals surface area contributed by atoms with Crippen LogP contribution in [0.1, 0.15) is 29.5 Å². The molecule has 3 aromatic rings. The Morgan fingerprint density at radius 3 is 2.63 bits per heavy atom. The van der Waals surface area contributed by atoms with Gasteiger partial charge in [-0.25, -0.2) is 12.8 Å². The number of nitrogens with zero attached hydrogens (tertiary/aromatic N) is 3. The molecule has 158 valence electrons. The highest BCUT2D eigenvalue weighted by atomic mass is 32.2. The second-order valence-electron chi connectivity index (χ2n) is 7.67. The lowest BCUT2D eigenvalue weighted by atomic mass is 10.1. The molecule has 0 bridgehead atoms. The summed E-state index contributed by atoms with van der Waals surface area (Å²) < 4.78 is 42.6. The van der Waals surface area contributed by atoms with E-state index in [-0.39, 0.29) is 16.8 Å². The largest absolute Gasteiger partial charge is 0.392 e. The summed E-state index contributed by atoms with van der Waals surface area (Å²) in [4.78, 5) is 6.70. The number of aromatic nitrogens is 2. The molecule has 0 saturated carbocycles. The van der Waals surface area contributed by atoms with E-state index < -0.39 is 15.9 Å². The predicted molar refractivity (Wildman–Crippen MR) is 108 cm³/mol. The summed E-state index contributed by atoms with van der Waals surface area (Å²) in [6.07, 6.45) is 1.06. The second-order valence-corrected chi connectivity index (χ2v) is 9.69. The Balaban J connectivity index is 1.54. The Hall–Kier alpha value is -2.62. The third-order valence-corrected chi connectivity index (χ3v) is 6.40. The van der Waals surface area contributed by atoms with Crippen molar-refractivity contribution < 1.29 is 22.4 Å². The fraction of sp³-hybridized carbons (Fsp3) is 0.333. The Labute approximate surface area is 174 Å². The summed E-state index contributed by atoms with van der Waals surface area (Å²) >= 11 is 0. The van der Waals surface area contributed by atoms with E-state index in [9.17, 15) is 17.9 Å². The summed E-state index contributed by atoms with van der Waals surface area (Å²) in [6, 6.07) is 11.1.